The SMILES string of the molecule is CCc1ccccc1NCc1cccc(COC)c1. The van der Waals surface area contributed by atoms with Crippen LogP contribution in [0.25, 0.3) is 0 Å². The first kappa shape index (κ1) is 13.6. The second kappa shape index (κ2) is 6.95. The summed E-state index contributed by atoms with van der Waals surface area (Å²) < 4.78 is 5.16. The summed E-state index contributed by atoms with van der Waals surface area (Å²) in [4.78, 5) is 0. The zero-order valence-electron chi connectivity index (χ0n) is 11.6. The van der Waals surface area contributed by atoms with Crippen LogP contribution in [0.15, 0.2) is 48.5 Å². The topological polar surface area (TPSA) is 21.3 Å². The van der Waals surface area contributed by atoms with Crippen molar-refractivity contribution in [3.05, 3.63) is 65.2 Å². The minimum atomic E-state index is 0.666. The van der Waals surface area contributed by atoms with E-state index in [1.165, 1.54) is 22.4 Å². The van der Waals surface area contributed by atoms with Crippen LogP contribution >= 0.6 is 0 Å². The summed E-state index contributed by atoms with van der Waals surface area (Å²) in [5.41, 5.74) is 5.07. The molecule has 100 valence electrons. The molecule has 2 heteroatoms. The van der Waals surface area contributed by atoms with Crippen LogP contribution in [0.2, 0.25) is 0 Å². The molecule has 0 fully saturated rings. The number of aryl methyl sites for hydroxylation is 1. The molecule has 0 aromatic heterocycles. The molecule has 0 saturated heterocycles. The second-order valence-electron chi connectivity index (χ2n) is 4.62. The number of methoxy groups -OCH3 is 1. The molecule has 0 saturated carbocycles. The largest absolute Gasteiger partial charge is 0.381 e. The molecular weight excluding hydrogens is 234 g/mol. The van der Waals surface area contributed by atoms with Gasteiger partial charge in [-0.2, -0.15) is 0 Å². The summed E-state index contributed by atoms with van der Waals surface area (Å²) in [5.74, 6) is 0. The van der Waals surface area contributed by atoms with E-state index in [0.717, 1.165) is 13.0 Å². The van der Waals surface area contributed by atoms with Crippen molar-refractivity contribution < 1.29 is 4.74 Å². The summed E-state index contributed by atoms with van der Waals surface area (Å²) in [6.45, 7) is 3.69. The predicted octanol–water partition coefficient (Wildman–Crippen LogP) is 4.01. The monoisotopic (exact) mass is 255 g/mol. The Morgan fingerprint density at radius 1 is 1.00 bits per heavy atom. The van der Waals surface area contributed by atoms with E-state index in [4.69, 9.17) is 4.74 Å². The number of hydrogen-bond acceptors (Lipinski definition) is 2. The summed E-state index contributed by atoms with van der Waals surface area (Å²) in [6.07, 6.45) is 1.05. The number of nitrogens with one attached hydrogen (secondary N) is 1. The van der Waals surface area contributed by atoms with Gasteiger partial charge in [-0.1, -0.05) is 49.4 Å². The first-order chi connectivity index (χ1) is 9.33. The maximum Gasteiger partial charge on any atom is 0.0713 e. The van der Waals surface area contributed by atoms with Crippen LogP contribution in [-0.2, 0) is 24.3 Å². The lowest BCUT2D eigenvalue weighted by molar-refractivity contribution is 0.185. The molecule has 0 spiro atoms. The van der Waals surface area contributed by atoms with Gasteiger partial charge in [0.05, 0.1) is 6.61 Å². The van der Waals surface area contributed by atoms with Crippen molar-refractivity contribution in [3.63, 3.8) is 0 Å². The molecule has 0 amide bonds. The zero-order chi connectivity index (χ0) is 13.5. The van der Waals surface area contributed by atoms with Crippen LogP contribution < -0.4 is 5.32 Å². The molecule has 0 bridgehead atoms. The maximum absolute atomic E-state index is 5.16. The number of rotatable bonds is 6. The third kappa shape index (κ3) is 3.83. The Morgan fingerprint density at radius 2 is 1.79 bits per heavy atom. The van der Waals surface area contributed by atoms with Crippen LogP contribution in [-0.4, -0.2) is 7.11 Å². The molecule has 2 nitrogen and oxygen atoms in total. The van der Waals surface area contributed by atoms with E-state index in [2.05, 4.69) is 60.8 Å². The molecule has 1 N–H and O–H groups in total. The fourth-order valence-electron chi connectivity index (χ4n) is 2.19. The average Bonchev–Trinajstić information content (AvgIpc) is 2.46. The van der Waals surface area contributed by atoms with E-state index in [1.807, 2.05) is 0 Å². The zero-order valence-corrected chi connectivity index (χ0v) is 11.6. The Kier molecular flexibility index (Phi) is 4.99. The first-order valence-electron chi connectivity index (χ1n) is 6.72. The highest BCUT2D eigenvalue weighted by Crippen LogP contribution is 2.17. The lowest BCUT2D eigenvalue weighted by Crippen LogP contribution is -2.02. The number of benzene rings is 2. The summed E-state index contributed by atoms with van der Waals surface area (Å²) in [7, 11) is 1.72. The third-order valence-electron chi connectivity index (χ3n) is 3.18. The van der Waals surface area contributed by atoms with E-state index in [9.17, 15) is 0 Å². The van der Waals surface area contributed by atoms with E-state index in [1.54, 1.807) is 7.11 Å². The van der Waals surface area contributed by atoms with Gasteiger partial charge in [0, 0.05) is 19.3 Å². The van der Waals surface area contributed by atoms with Gasteiger partial charge in [-0.3, -0.25) is 0 Å². The molecule has 2 rings (SSSR count). The highest BCUT2D eigenvalue weighted by Gasteiger charge is 2.00. The Hall–Kier alpha value is -1.80. The number of hydrogen-bond donors (Lipinski definition) is 1. The van der Waals surface area contributed by atoms with Crippen molar-refractivity contribution in [2.24, 2.45) is 0 Å². The Labute approximate surface area is 115 Å². The van der Waals surface area contributed by atoms with Gasteiger partial charge >= 0.3 is 0 Å². The van der Waals surface area contributed by atoms with Crippen molar-refractivity contribution in [2.75, 3.05) is 12.4 Å². The van der Waals surface area contributed by atoms with Crippen molar-refractivity contribution in [3.8, 4) is 0 Å². The number of ether oxygens (including phenoxy) is 1. The van der Waals surface area contributed by atoms with Crippen LogP contribution in [0.4, 0.5) is 5.69 Å². The van der Waals surface area contributed by atoms with E-state index >= 15 is 0 Å². The molecule has 0 heterocycles. The van der Waals surface area contributed by atoms with Crippen LogP contribution in [0.3, 0.4) is 0 Å². The minimum Gasteiger partial charge on any atom is -0.381 e. The minimum absolute atomic E-state index is 0.666. The Morgan fingerprint density at radius 3 is 2.58 bits per heavy atom. The van der Waals surface area contributed by atoms with Gasteiger partial charge in [0.15, 0.2) is 0 Å². The quantitative estimate of drug-likeness (QED) is 0.842. The van der Waals surface area contributed by atoms with Gasteiger partial charge in [-0.25, -0.2) is 0 Å². The second-order valence-corrected chi connectivity index (χ2v) is 4.62. The average molecular weight is 255 g/mol. The van der Waals surface area contributed by atoms with Gasteiger partial charge in [0.25, 0.3) is 0 Å². The highest BCUT2D eigenvalue weighted by atomic mass is 16.5. The van der Waals surface area contributed by atoms with Gasteiger partial charge in [-0.05, 0) is 29.2 Å². The molecule has 2 aromatic rings. The van der Waals surface area contributed by atoms with Gasteiger partial charge in [0.2, 0.25) is 0 Å². The smallest absolute Gasteiger partial charge is 0.0713 e. The Balaban J connectivity index is 2.03. The molecule has 19 heavy (non-hydrogen) atoms. The fraction of sp³-hybridized carbons (Fsp3) is 0.294. The van der Waals surface area contributed by atoms with Crippen molar-refractivity contribution in [2.45, 2.75) is 26.5 Å². The number of para-hydroxylation sites is 1. The molecule has 0 atom stereocenters. The van der Waals surface area contributed by atoms with E-state index in [0.29, 0.717) is 6.61 Å². The van der Waals surface area contributed by atoms with Gasteiger partial charge < -0.3 is 10.1 Å². The van der Waals surface area contributed by atoms with Crippen molar-refractivity contribution >= 4 is 5.69 Å². The molecule has 0 aliphatic carbocycles. The fourth-order valence-corrected chi connectivity index (χ4v) is 2.19. The highest BCUT2D eigenvalue weighted by molar-refractivity contribution is 5.51. The summed E-state index contributed by atoms with van der Waals surface area (Å²) in [6, 6.07) is 17.0. The lowest BCUT2D eigenvalue weighted by Gasteiger charge is -2.11. The Bertz CT molecular complexity index is 522. The molecule has 0 aliphatic heterocycles. The van der Waals surface area contributed by atoms with Crippen molar-refractivity contribution in [1.82, 2.24) is 0 Å². The van der Waals surface area contributed by atoms with Crippen LogP contribution in [0, 0.1) is 0 Å². The number of anilines is 1. The van der Waals surface area contributed by atoms with Gasteiger partial charge in [0.1, 0.15) is 0 Å². The molecule has 0 unspecified atom stereocenters. The van der Waals surface area contributed by atoms with E-state index < -0.39 is 0 Å². The molecule has 0 aliphatic rings. The standard InChI is InChI=1S/C17H21NO/c1-3-16-9-4-5-10-17(16)18-12-14-7-6-8-15(11-14)13-19-2/h4-11,18H,3,12-13H2,1-2H3. The predicted molar refractivity (Wildman–Crippen MR) is 80.3 cm³/mol. The van der Waals surface area contributed by atoms with Crippen LogP contribution in [0.5, 0.6) is 0 Å². The van der Waals surface area contributed by atoms with Gasteiger partial charge in [-0.15, -0.1) is 0 Å². The van der Waals surface area contributed by atoms with E-state index in [-0.39, 0.29) is 0 Å². The molecular formula is C17H21NO. The first-order valence-corrected chi connectivity index (χ1v) is 6.72. The third-order valence-corrected chi connectivity index (χ3v) is 3.18. The normalized spacial score (nSPS) is 10.4. The van der Waals surface area contributed by atoms with Crippen molar-refractivity contribution in [1.29, 1.82) is 0 Å². The molecule has 0 radical (unpaired) electrons. The summed E-state index contributed by atoms with van der Waals surface area (Å²) in [5, 5.41) is 3.51. The summed E-state index contributed by atoms with van der Waals surface area (Å²) >= 11 is 0. The maximum atomic E-state index is 5.16. The lowest BCUT2D eigenvalue weighted by atomic mass is 10.1. The molecule has 2 aromatic carbocycles. The van der Waals surface area contributed by atoms with Crippen LogP contribution in [0.1, 0.15) is 23.6 Å².